The number of aromatic nitrogens is 1. The van der Waals surface area contributed by atoms with Gasteiger partial charge in [0, 0.05) is 21.7 Å². The Labute approximate surface area is 297 Å². The third-order valence-corrected chi connectivity index (χ3v) is 12.9. The molecule has 4 unspecified atom stereocenters. The summed E-state index contributed by atoms with van der Waals surface area (Å²) in [4.78, 5) is 57.8. The van der Waals surface area contributed by atoms with Crippen molar-refractivity contribution in [3.05, 3.63) is 92.4 Å². The molecule has 15 heteroatoms. The molecule has 4 aromatic rings. The summed E-state index contributed by atoms with van der Waals surface area (Å²) in [5.41, 5.74) is 0.273. The molecule has 2 aliphatic heterocycles. The van der Waals surface area contributed by atoms with Gasteiger partial charge in [-0.25, -0.2) is 0 Å². The number of thioether (sulfide) groups is 1. The number of benzene rings is 3. The summed E-state index contributed by atoms with van der Waals surface area (Å²) in [6, 6.07) is 15.7. The molecule has 2 saturated carbocycles. The molecule has 3 fully saturated rings. The fourth-order valence-electron chi connectivity index (χ4n) is 8.46. The largest absolute Gasteiger partial charge is 0.508 e. The van der Waals surface area contributed by atoms with Gasteiger partial charge in [0.1, 0.15) is 5.75 Å². The number of H-pyrrole nitrogens is 1. The van der Waals surface area contributed by atoms with E-state index in [1.807, 2.05) is 19.1 Å². The number of thiazole rings is 1. The highest BCUT2D eigenvalue weighted by Crippen LogP contribution is 2.69. The van der Waals surface area contributed by atoms with Crippen molar-refractivity contribution in [2.45, 2.75) is 35.7 Å². The minimum absolute atomic E-state index is 0.0679. The van der Waals surface area contributed by atoms with Gasteiger partial charge in [-0.15, -0.1) is 11.8 Å². The number of hydrogen-bond donors (Lipinski definition) is 3. The van der Waals surface area contributed by atoms with E-state index in [2.05, 4.69) is 10.3 Å². The lowest BCUT2D eigenvalue weighted by molar-refractivity contribution is -0.137. The number of carbonyl (C=O) groups excluding carboxylic acids is 3. The quantitative estimate of drug-likeness (QED) is 0.143. The second-order valence-corrected chi connectivity index (χ2v) is 15.2. The first-order valence-corrected chi connectivity index (χ1v) is 18.1. The van der Waals surface area contributed by atoms with E-state index in [-0.39, 0.29) is 51.8 Å². The minimum atomic E-state index is -4.63. The van der Waals surface area contributed by atoms with Gasteiger partial charge in [0.05, 0.1) is 34.7 Å². The summed E-state index contributed by atoms with van der Waals surface area (Å²) in [7, 11) is 0. The Bertz CT molecular complexity index is 2120. The molecule has 7 atom stereocenters. The van der Waals surface area contributed by atoms with Crippen LogP contribution in [0.25, 0.3) is 0 Å². The van der Waals surface area contributed by atoms with Crippen LogP contribution < -0.4 is 24.6 Å². The van der Waals surface area contributed by atoms with Crippen LogP contribution in [0.5, 0.6) is 17.2 Å². The number of aromatic hydroxyl groups is 1. The Morgan fingerprint density at radius 2 is 1.73 bits per heavy atom. The first-order valence-electron chi connectivity index (χ1n) is 16.4. The summed E-state index contributed by atoms with van der Waals surface area (Å²) in [5, 5.41) is 12.8. The van der Waals surface area contributed by atoms with Crippen molar-refractivity contribution in [2.75, 3.05) is 23.4 Å². The predicted octanol–water partition coefficient (Wildman–Crippen LogP) is 6.25. The maximum atomic E-state index is 14.0. The smallest absolute Gasteiger partial charge is 0.416 e. The lowest BCUT2D eigenvalue weighted by Gasteiger charge is -2.43. The van der Waals surface area contributed by atoms with Crippen LogP contribution in [-0.2, 0) is 20.6 Å². The van der Waals surface area contributed by atoms with Gasteiger partial charge in [-0.1, -0.05) is 23.5 Å². The molecule has 51 heavy (non-hydrogen) atoms. The zero-order valence-corrected chi connectivity index (χ0v) is 28.4. The number of nitrogens with one attached hydrogen (secondary N) is 2. The second kappa shape index (κ2) is 12.5. The summed E-state index contributed by atoms with van der Waals surface area (Å²) < 4.78 is 52.5. The van der Waals surface area contributed by atoms with Crippen LogP contribution in [0.1, 0.15) is 35.3 Å². The highest BCUT2D eigenvalue weighted by molar-refractivity contribution is 8.00. The highest BCUT2D eigenvalue weighted by Gasteiger charge is 2.69. The van der Waals surface area contributed by atoms with Crippen molar-refractivity contribution in [1.82, 2.24) is 4.98 Å². The number of aromatic amines is 1. The summed E-state index contributed by atoms with van der Waals surface area (Å²) in [6.45, 7) is 1.79. The van der Waals surface area contributed by atoms with Crippen molar-refractivity contribution >= 4 is 52.2 Å². The fraction of sp³-hybridized carbons (Fsp3) is 0.333. The van der Waals surface area contributed by atoms with Crippen LogP contribution in [-0.4, -0.2) is 46.3 Å². The molecule has 264 valence electrons. The molecule has 1 saturated heterocycles. The lowest BCUT2D eigenvalue weighted by Crippen LogP contribution is -2.42. The molecule has 2 bridgehead atoms. The molecule has 0 radical (unpaired) electrons. The van der Waals surface area contributed by atoms with Crippen molar-refractivity contribution in [1.29, 1.82) is 0 Å². The van der Waals surface area contributed by atoms with Gasteiger partial charge in [-0.3, -0.25) is 24.1 Å². The molecule has 3 N–H and O–H groups in total. The molecule has 8 rings (SSSR count). The maximum Gasteiger partial charge on any atom is 0.416 e. The Hall–Kier alpha value is -4.76. The van der Waals surface area contributed by atoms with E-state index in [1.165, 1.54) is 36.0 Å². The number of anilines is 2. The predicted molar refractivity (Wildman–Crippen MR) is 182 cm³/mol. The van der Waals surface area contributed by atoms with E-state index in [1.54, 1.807) is 18.2 Å². The van der Waals surface area contributed by atoms with Crippen molar-refractivity contribution < 1.29 is 42.1 Å². The zero-order valence-electron chi connectivity index (χ0n) is 26.8. The van der Waals surface area contributed by atoms with Crippen LogP contribution in [0.15, 0.2) is 76.6 Å². The Kier molecular flexibility index (Phi) is 8.17. The SMILES string of the molecule is CCOc1cc([C@H]2c3sc(=O)[nH]c3SC3C2[C@H]2C[C@@H]3C3C(=O)N(c4cccc(C(F)(F)F)c4)C(=O)C32)ccc1OCC(=O)Nc1ccc(O)cc1. The van der Waals surface area contributed by atoms with Crippen LogP contribution in [0.3, 0.4) is 0 Å². The lowest BCUT2D eigenvalue weighted by atomic mass is 9.68. The van der Waals surface area contributed by atoms with Gasteiger partial charge in [0.25, 0.3) is 5.91 Å². The number of ether oxygens (including phenoxy) is 2. The molecule has 2 aliphatic carbocycles. The van der Waals surface area contributed by atoms with Gasteiger partial charge in [0.2, 0.25) is 11.8 Å². The van der Waals surface area contributed by atoms with E-state index in [0.29, 0.717) is 35.2 Å². The first-order chi connectivity index (χ1) is 24.4. The second-order valence-electron chi connectivity index (χ2n) is 13.0. The highest BCUT2D eigenvalue weighted by atomic mass is 32.2. The molecule has 1 aromatic heterocycles. The fourth-order valence-corrected chi connectivity index (χ4v) is 11.3. The molecule has 3 aromatic carbocycles. The van der Waals surface area contributed by atoms with E-state index in [9.17, 15) is 37.5 Å². The number of fused-ring (bicyclic) bond motifs is 9. The van der Waals surface area contributed by atoms with Crippen molar-refractivity contribution in [2.24, 2.45) is 29.6 Å². The van der Waals surface area contributed by atoms with Crippen molar-refractivity contribution in [3.63, 3.8) is 0 Å². The zero-order chi connectivity index (χ0) is 35.8. The third kappa shape index (κ3) is 5.66. The maximum absolute atomic E-state index is 14.0. The number of carbonyl (C=O) groups is 3. The van der Waals surface area contributed by atoms with Gasteiger partial charge in [0.15, 0.2) is 18.1 Å². The number of amides is 3. The van der Waals surface area contributed by atoms with Gasteiger partial charge in [-0.2, -0.15) is 13.2 Å². The first kappa shape index (κ1) is 33.4. The number of hydrogen-bond acceptors (Lipinski definition) is 9. The molecule has 3 heterocycles. The molecular formula is C36H30F3N3O7S2. The normalized spacial score (nSPS) is 26.1. The monoisotopic (exact) mass is 737 g/mol. The molecule has 10 nitrogen and oxygen atoms in total. The van der Waals surface area contributed by atoms with Crippen LogP contribution >= 0.6 is 23.1 Å². The van der Waals surface area contributed by atoms with Crippen LogP contribution in [0.2, 0.25) is 0 Å². The average Bonchev–Trinajstić information content (AvgIpc) is 3.83. The number of alkyl halides is 3. The molecule has 0 spiro atoms. The number of phenolic OH excluding ortho intramolecular Hbond substituents is 1. The number of phenols is 1. The molecular weight excluding hydrogens is 708 g/mol. The minimum Gasteiger partial charge on any atom is -0.508 e. The molecule has 4 aliphatic rings. The Morgan fingerprint density at radius 1 is 0.980 bits per heavy atom. The van der Waals surface area contributed by atoms with Crippen LogP contribution in [0, 0.1) is 29.6 Å². The standard InChI is InChI=1S/C36H30F3N3O7S2/c1-2-48-24-12-16(6-11-23(24)49-15-25(44)40-18-7-9-20(43)10-8-18)26-27-21-14-22(30(27)50-32-31(26)51-35(47)41-32)29-28(21)33(45)42(34(29)46)19-5-3-4-17(13-19)36(37,38)39/h3-13,21-22,26-30,43H,2,14-15H2,1H3,(H,40,44)(H,41,47)/t21-,22-,26-,27?,28?,29?,30?/m1/s1. The number of nitrogens with zero attached hydrogens (tertiary/aromatic N) is 1. The van der Waals surface area contributed by atoms with Gasteiger partial charge >= 0.3 is 11.0 Å². The Morgan fingerprint density at radius 3 is 2.45 bits per heavy atom. The van der Waals surface area contributed by atoms with Crippen molar-refractivity contribution in [3.8, 4) is 17.2 Å². The molecule has 3 amide bonds. The van der Waals surface area contributed by atoms with Crippen LogP contribution in [0.4, 0.5) is 24.5 Å². The van der Waals surface area contributed by atoms with Gasteiger partial charge < -0.3 is 24.9 Å². The van der Waals surface area contributed by atoms with Gasteiger partial charge in [-0.05, 0) is 91.3 Å². The summed E-state index contributed by atoms with van der Waals surface area (Å²) in [5.74, 6) is -2.95. The average molecular weight is 738 g/mol. The topological polar surface area (TPSA) is 138 Å². The van der Waals surface area contributed by atoms with E-state index in [4.69, 9.17) is 9.47 Å². The number of halogens is 3. The summed E-state index contributed by atoms with van der Waals surface area (Å²) in [6.07, 6.45) is -4.03. The summed E-state index contributed by atoms with van der Waals surface area (Å²) >= 11 is 2.60. The van der Waals surface area contributed by atoms with E-state index < -0.39 is 41.3 Å². The number of rotatable bonds is 8. The van der Waals surface area contributed by atoms with E-state index in [0.717, 1.165) is 38.8 Å². The third-order valence-electron chi connectivity index (χ3n) is 10.3. The number of imide groups is 1. The van der Waals surface area contributed by atoms with E-state index >= 15 is 0 Å². The Balaban J connectivity index is 1.10.